The minimum Gasteiger partial charge on any atom is -0.487 e. The van der Waals surface area contributed by atoms with E-state index in [9.17, 15) is 26.4 Å². The van der Waals surface area contributed by atoms with Crippen LogP contribution in [0.1, 0.15) is 36.1 Å². The van der Waals surface area contributed by atoms with Crippen molar-refractivity contribution >= 4 is 20.0 Å². The highest BCUT2D eigenvalue weighted by Gasteiger charge is 2.41. The first kappa shape index (κ1) is 40.7. The lowest BCUT2D eigenvalue weighted by Crippen LogP contribution is -2.49. The maximum atomic E-state index is 14.1. The normalized spacial score (nSPS) is 24.3. The van der Waals surface area contributed by atoms with Crippen molar-refractivity contribution in [3.63, 3.8) is 0 Å². The number of hydrogen-bond acceptors (Lipinski definition) is 12. The lowest BCUT2D eigenvalue weighted by atomic mass is 9.84. The quantitative estimate of drug-likeness (QED) is 0.294. The van der Waals surface area contributed by atoms with E-state index >= 15 is 0 Å². The molecule has 4 bridgehead atoms. The first-order valence-electron chi connectivity index (χ1n) is 20.4. The third kappa shape index (κ3) is 8.20. The van der Waals surface area contributed by atoms with Gasteiger partial charge in [0.1, 0.15) is 26.4 Å². The van der Waals surface area contributed by atoms with Crippen LogP contribution in [-0.2, 0) is 42.6 Å². The first-order valence-corrected chi connectivity index (χ1v) is 23.3. The third-order valence-corrected chi connectivity index (χ3v) is 15.6. The summed E-state index contributed by atoms with van der Waals surface area (Å²) in [4.78, 5) is 25.2. The topological polar surface area (TPSA) is 174 Å². The van der Waals surface area contributed by atoms with E-state index < -0.39 is 20.0 Å². The highest BCUT2D eigenvalue weighted by Crippen LogP contribution is 2.40. The summed E-state index contributed by atoms with van der Waals surface area (Å²) in [7, 11) is -7.83. The molecule has 0 N–H and O–H groups in total. The lowest BCUT2D eigenvalue weighted by Gasteiger charge is -2.42. The van der Waals surface area contributed by atoms with Gasteiger partial charge in [0, 0.05) is 86.8 Å². The molecular weight excluding hydrogens is 817 g/mol. The number of hydrogen-bond donors (Lipinski definition) is 0. The second-order valence-corrected chi connectivity index (χ2v) is 19.8. The average Bonchev–Trinajstić information content (AvgIpc) is 3.24. The van der Waals surface area contributed by atoms with E-state index in [0.29, 0.717) is 37.7 Å². The van der Waals surface area contributed by atoms with E-state index in [0.717, 1.165) is 24.2 Å². The Bertz CT molecular complexity index is 2400. The minimum atomic E-state index is -3.91. The minimum absolute atomic E-state index is 0.0219. The molecule has 5 aliphatic rings. The van der Waals surface area contributed by atoms with Crippen molar-refractivity contribution in [3.05, 3.63) is 105 Å². The van der Waals surface area contributed by atoms with Gasteiger partial charge in [-0.2, -0.15) is 8.61 Å². The predicted molar refractivity (Wildman–Crippen MR) is 217 cm³/mol. The Balaban J connectivity index is 0.853. The van der Waals surface area contributed by atoms with Gasteiger partial charge in [-0.3, -0.25) is 9.59 Å². The van der Waals surface area contributed by atoms with Crippen molar-refractivity contribution in [3.8, 4) is 23.0 Å². The molecule has 4 atom stereocenters. The molecule has 0 spiro atoms. The van der Waals surface area contributed by atoms with Crippen LogP contribution in [0.25, 0.3) is 0 Å². The molecule has 2 saturated heterocycles. The smallest absolute Gasteiger partial charge is 0.250 e. The number of piperidine rings is 2. The van der Waals surface area contributed by atoms with E-state index in [1.165, 1.54) is 32.9 Å². The first-order chi connectivity index (χ1) is 29.0. The van der Waals surface area contributed by atoms with Crippen molar-refractivity contribution in [1.82, 2.24) is 17.7 Å². The Morgan fingerprint density at radius 2 is 0.850 bits per heavy atom. The summed E-state index contributed by atoms with van der Waals surface area (Å²) >= 11 is 0. The predicted octanol–water partition coefficient (Wildman–Crippen LogP) is 2.89. The zero-order valence-corrected chi connectivity index (χ0v) is 34.7. The third-order valence-electron chi connectivity index (χ3n) is 11.9. The molecule has 60 heavy (non-hydrogen) atoms. The Morgan fingerprint density at radius 3 is 1.27 bits per heavy atom. The second kappa shape index (κ2) is 17.0. The molecular formula is C42H48N4O12S2. The molecule has 2 fully saturated rings. The zero-order chi connectivity index (χ0) is 41.4. The van der Waals surface area contributed by atoms with Crippen LogP contribution in [0.2, 0.25) is 0 Å². The van der Waals surface area contributed by atoms with Crippen molar-refractivity contribution in [1.29, 1.82) is 0 Å². The largest absolute Gasteiger partial charge is 0.487 e. The van der Waals surface area contributed by atoms with Crippen LogP contribution in [0.15, 0.2) is 92.2 Å². The van der Waals surface area contributed by atoms with E-state index in [1.807, 2.05) is 12.1 Å². The fourth-order valence-electron chi connectivity index (χ4n) is 9.20. The van der Waals surface area contributed by atoms with Crippen LogP contribution in [0, 0.1) is 11.8 Å². The Morgan fingerprint density at radius 1 is 0.450 bits per heavy atom. The molecule has 0 radical (unpaired) electrons. The van der Waals surface area contributed by atoms with Crippen LogP contribution >= 0.6 is 0 Å². The average molecular weight is 865 g/mol. The number of nitrogens with zero attached hydrogens (tertiary/aromatic N) is 4. The number of fused-ring (bicyclic) bond motifs is 10. The zero-order valence-electron chi connectivity index (χ0n) is 33.1. The molecule has 0 aliphatic carbocycles. The van der Waals surface area contributed by atoms with Crippen molar-refractivity contribution in [2.75, 3.05) is 79.0 Å². The summed E-state index contributed by atoms with van der Waals surface area (Å²) in [6.45, 7) is 3.26. The van der Waals surface area contributed by atoms with E-state index in [-0.39, 0.29) is 122 Å². The van der Waals surface area contributed by atoms with Crippen molar-refractivity contribution < 1.29 is 45.3 Å². The molecule has 4 aromatic rings. The van der Waals surface area contributed by atoms with Gasteiger partial charge in [0.05, 0.1) is 36.2 Å². The van der Waals surface area contributed by atoms with E-state index in [4.69, 9.17) is 28.4 Å². The number of pyridine rings is 2. The molecule has 320 valence electrons. The molecule has 0 unspecified atom stereocenters. The SMILES string of the molecule is O=c1cccc2n1C[C@@H]1C[C@H]2CN(S(=O)(=O)c2ccc3c(c2)OCCOCCOc2cc(S(=O)(=O)N4C[C@@H]5C[C@@H](C4)c4cccc(=O)n4C5)ccc2OCCOCCO3)C1. The van der Waals surface area contributed by atoms with Gasteiger partial charge >= 0.3 is 0 Å². The van der Waals surface area contributed by atoms with Crippen LogP contribution < -0.4 is 30.1 Å². The van der Waals surface area contributed by atoms with E-state index in [1.54, 1.807) is 45.5 Å². The van der Waals surface area contributed by atoms with Gasteiger partial charge in [0.2, 0.25) is 20.0 Å². The number of aromatic nitrogens is 2. The highest BCUT2D eigenvalue weighted by molar-refractivity contribution is 7.89. The number of ether oxygens (including phenoxy) is 6. The van der Waals surface area contributed by atoms with Gasteiger partial charge in [0.15, 0.2) is 23.0 Å². The summed E-state index contributed by atoms with van der Waals surface area (Å²) < 4.78 is 98.4. The monoisotopic (exact) mass is 864 g/mol. The van der Waals surface area contributed by atoms with Crippen molar-refractivity contribution in [2.24, 2.45) is 11.8 Å². The molecule has 18 heteroatoms. The van der Waals surface area contributed by atoms with Gasteiger partial charge in [-0.25, -0.2) is 16.8 Å². The highest BCUT2D eigenvalue weighted by atomic mass is 32.2. The number of sulfonamides is 2. The molecule has 5 aliphatic heterocycles. The molecule has 2 aromatic heterocycles. The van der Waals surface area contributed by atoms with Gasteiger partial charge in [0.25, 0.3) is 11.1 Å². The molecule has 0 amide bonds. The molecule has 9 rings (SSSR count). The summed E-state index contributed by atoms with van der Waals surface area (Å²) in [5.74, 6) is 1.08. The van der Waals surface area contributed by atoms with Crippen LogP contribution in [0.4, 0.5) is 0 Å². The summed E-state index contributed by atoms with van der Waals surface area (Å²) in [6, 6.07) is 19.5. The number of rotatable bonds is 4. The Kier molecular flexibility index (Phi) is 11.5. The Hall–Kier alpha value is -4.72. The van der Waals surface area contributed by atoms with Crippen molar-refractivity contribution in [2.45, 2.75) is 47.6 Å². The molecule has 7 heterocycles. The summed E-state index contributed by atoms with van der Waals surface area (Å²) in [6.07, 6.45) is 1.65. The van der Waals surface area contributed by atoms with Gasteiger partial charge in [-0.05, 0) is 61.1 Å². The fourth-order valence-corrected chi connectivity index (χ4v) is 12.4. The summed E-state index contributed by atoms with van der Waals surface area (Å²) in [5, 5.41) is 0. The lowest BCUT2D eigenvalue weighted by molar-refractivity contribution is 0.0639. The molecule has 16 nitrogen and oxygen atoms in total. The van der Waals surface area contributed by atoms with Gasteiger partial charge in [-0.1, -0.05) is 12.1 Å². The fraction of sp³-hybridized carbons (Fsp3) is 0.476. The van der Waals surface area contributed by atoms with Crippen LogP contribution in [0.5, 0.6) is 23.0 Å². The number of benzene rings is 2. The van der Waals surface area contributed by atoms with Gasteiger partial charge < -0.3 is 37.6 Å². The Labute approximate surface area is 348 Å². The maximum absolute atomic E-state index is 14.1. The summed E-state index contributed by atoms with van der Waals surface area (Å²) in [5.41, 5.74) is 1.60. The molecule has 0 saturated carbocycles. The second-order valence-electron chi connectivity index (χ2n) is 15.9. The van der Waals surface area contributed by atoms with E-state index in [2.05, 4.69) is 0 Å². The molecule has 2 aromatic carbocycles. The standard InChI is InChI=1S/C42H48N4O12S2/c47-41-5-1-3-35-31-19-29(25-45(35)41)23-43(27-31)59(49,50)33-7-9-37-39(21-33)57-17-13-54-14-18-58-40-22-34(8-10-38(40)56-16-12-53-11-15-55-37)60(51,52)44-24-30-20-32(28-44)36-4-2-6-42(48)46(36)26-30/h1-10,21-22,29-32H,11-20,23-28H2/t29-,30+,31-,32-/m0/s1. The van der Waals surface area contributed by atoms with Gasteiger partial charge in [-0.15, -0.1) is 0 Å². The maximum Gasteiger partial charge on any atom is 0.250 e. The van der Waals surface area contributed by atoms with Crippen LogP contribution in [0.3, 0.4) is 0 Å². The van der Waals surface area contributed by atoms with Crippen LogP contribution in [-0.4, -0.2) is 114 Å².